The molecule has 19 heavy (non-hydrogen) atoms. The predicted molar refractivity (Wildman–Crippen MR) is 71.8 cm³/mol. The fourth-order valence-corrected chi connectivity index (χ4v) is 1.87. The van der Waals surface area contributed by atoms with Crippen LogP contribution in [0.15, 0.2) is 24.3 Å². The molecule has 0 aliphatic rings. The number of carbonyl (C=O) groups excluding carboxylic acids is 1. The second-order valence-corrected chi connectivity index (χ2v) is 4.92. The van der Waals surface area contributed by atoms with Crippen molar-refractivity contribution in [3.05, 3.63) is 39.9 Å². The number of hydrogen-bond donors (Lipinski definition) is 2. The summed E-state index contributed by atoms with van der Waals surface area (Å²) in [7, 11) is 1.84. The molecule has 6 nitrogen and oxygen atoms in total. The molecule has 0 aliphatic heterocycles. The molecule has 1 aromatic carbocycles. The molecule has 0 fully saturated rings. The molecule has 2 N–H and O–H groups in total. The van der Waals surface area contributed by atoms with E-state index in [0.717, 1.165) is 4.90 Å². The molecule has 0 radical (unpaired) electrons. The molecule has 0 saturated heterocycles. The average molecular weight is 266 g/mol. The maximum Gasteiger partial charge on any atom is 0.278 e. The van der Waals surface area contributed by atoms with Crippen LogP contribution in [0.25, 0.3) is 0 Å². The highest BCUT2D eigenvalue weighted by Crippen LogP contribution is 2.16. The molecule has 1 atom stereocenters. The first-order chi connectivity index (χ1) is 8.90. The molecular formula is C13H20N3O3+. The summed E-state index contributed by atoms with van der Waals surface area (Å²) < 4.78 is 0. The van der Waals surface area contributed by atoms with E-state index in [-0.39, 0.29) is 17.6 Å². The van der Waals surface area contributed by atoms with Crippen LogP contribution in [-0.2, 0) is 11.3 Å². The lowest BCUT2D eigenvalue weighted by Gasteiger charge is -2.15. The molecular weight excluding hydrogens is 246 g/mol. The zero-order valence-electron chi connectivity index (χ0n) is 11.5. The van der Waals surface area contributed by atoms with Gasteiger partial charge in [-0.2, -0.15) is 0 Å². The summed E-state index contributed by atoms with van der Waals surface area (Å²) in [4.78, 5) is 23.0. The fourth-order valence-electron chi connectivity index (χ4n) is 1.87. The van der Waals surface area contributed by atoms with E-state index in [0.29, 0.717) is 18.7 Å². The first-order valence-corrected chi connectivity index (χ1v) is 6.23. The minimum absolute atomic E-state index is 0.0499. The molecule has 0 spiro atoms. The molecule has 0 heterocycles. The van der Waals surface area contributed by atoms with E-state index in [9.17, 15) is 14.9 Å². The number of likely N-dealkylation sites (N-methyl/N-ethyl adjacent to an activating group) is 1. The fraction of sp³-hybridized carbons (Fsp3) is 0.462. The Kier molecular flexibility index (Phi) is 5.44. The Morgan fingerprint density at radius 1 is 1.42 bits per heavy atom. The minimum atomic E-state index is -0.392. The van der Waals surface area contributed by atoms with Gasteiger partial charge in [0.25, 0.3) is 11.6 Å². The standard InChI is InChI=1S/C13H19N3O3/c1-10(2)14-13(17)9-15(3)8-11-6-4-5-7-12(11)16(18)19/h4-7,10H,8-9H2,1-3H3,(H,14,17)/p+1. The molecule has 104 valence electrons. The number of nitro benzene ring substituents is 1. The molecule has 0 aromatic heterocycles. The Labute approximate surface area is 112 Å². The van der Waals surface area contributed by atoms with Crippen molar-refractivity contribution in [2.45, 2.75) is 26.4 Å². The Morgan fingerprint density at radius 3 is 2.63 bits per heavy atom. The van der Waals surface area contributed by atoms with Crippen molar-refractivity contribution in [1.29, 1.82) is 0 Å². The topological polar surface area (TPSA) is 76.7 Å². The average Bonchev–Trinajstić information content (AvgIpc) is 2.27. The third kappa shape index (κ3) is 5.05. The summed E-state index contributed by atoms with van der Waals surface area (Å²) in [5, 5.41) is 13.7. The van der Waals surface area contributed by atoms with E-state index in [1.165, 1.54) is 6.07 Å². The third-order valence-corrected chi connectivity index (χ3v) is 2.59. The van der Waals surface area contributed by atoms with Crippen LogP contribution in [0.4, 0.5) is 5.69 Å². The number of quaternary nitrogens is 1. The molecule has 1 rings (SSSR count). The smallest absolute Gasteiger partial charge is 0.278 e. The van der Waals surface area contributed by atoms with Crippen LogP contribution in [0, 0.1) is 10.1 Å². The number of nitrogens with zero attached hydrogens (tertiary/aromatic N) is 1. The highest BCUT2D eigenvalue weighted by molar-refractivity contribution is 5.77. The number of rotatable bonds is 6. The van der Waals surface area contributed by atoms with Crippen molar-refractivity contribution in [2.75, 3.05) is 13.6 Å². The number of hydrogen-bond acceptors (Lipinski definition) is 3. The van der Waals surface area contributed by atoms with Gasteiger partial charge in [-0.3, -0.25) is 14.9 Å². The van der Waals surface area contributed by atoms with Crippen LogP contribution in [0.2, 0.25) is 0 Å². The molecule has 0 aliphatic carbocycles. The van der Waals surface area contributed by atoms with E-state index >= 15 is 0 Å². The monoisotopic (exact) mass is 266 g/mol. The normalized spacial score (nSPS) is 12.2. The van der Waals surface area contributed by atoms with Gasteiger partial charge in [0.05, 0.1) is 17.5 Å². The van der Waals surface area contributed by atoms with Crippen LogP contribution in [0.3, 0.4) is 0 Å². The molecule has 1 aromatic rings. The van der Waals surface area contributed by atoms with Crippen molar-refractivity contribution >= 4 is 11.6 Å². The van der Waals surface area contributed by atoms with Gasteiger partial charge in [-0.15, -0.1) is 0 Å². The number of nitrogens with one attached hydrogen (secondary N) is 2. The SMILES string of the molecule is CC(C)NC(=O)C[NH+](C)Cc1ccccc1[N+](=O)[O-]. The molecule has 1 unspecified atom stereocenters. The summed E-state index contributed by atoms with van der Waals surface area (Å²) in [5.41, 5.74) is 0.744. The number of benzene rings is 1. The van der Waals surface area contributed by atoms with Crippen LogP contribution in [0.5, 0.6) is 0 Å². The Balaban J connectivity index is 2.64. The summed E-state index contributed by atoms with van der Waals surface area (Å²) in [5.74, 6) is -0.0499. The largest absolute Gasteiger partial charge is 0.349 e. The molecule has 0 saturated carbocycles. The van der Waals surface area contributed by atoms with E-state index in [1.807, 2.05) is 20.9 Å². The van der Waals surface area contributed by atoms with Gasteiger partial charge in [-0.1, -0.05) is 12.1 Å². The van der Waals surface area contributed by atoms with E-state index in [4.69, 9.17) is 0 Å². The number of carbonyl (C=O) groups is 1. The Hall–Kier alpha value is -1.95. The second-order valence-electron chi connectivity index (χ2n) is 4.92. The Morgan fingerprint density at radius 2 is 2.05 bits per heavy atom. The van der Waals surface area contributed by atoms with Crippen LogP contribution in [-0.4, -0.2) is 30.5 Å². The molecule has 6 heteroatoms. The zero-order valence-corrected chi connectivity index (χ0v) is 11.5. The minimum Gasteiger partial charge on any atom is -0.349 e. The maximum absolute atomic E-state index is 11.6. The van der Waals surface area contributed by atoms with Gasteiger partial charge in [0, 0.05) is 12.1 Å². The quantitative estimate of drug-likeness (QED) is 0.568. The number of amides is 1. The van der Waals surface area contributed by atoms with Gasteiger partial charge in [0.15, 0.2) is 6.54 Å². The summed E-state index contributed by atoms with van der Waals surface area (Å²) >= 11 is 0. The van der Waals surface area contributed by atoms with E-state index in [1.54, 1.807) is 18.2 Å². The summed E-state index contributed by atoms with van der Waals surface area (Å²) in [6.45, 7) is 4.54. The van der Waals surface area contributed by atoms with Gasteiger partial charge in [0.2, 0.25) is 0 Å². The summed E-state index contributed by atoms with van der Waals surface area (Å²) in [6.07, 6.45) is 0. The molecule has 1 amide bonds. The van der Waals surface area contributed by atoms with Gasteiger partial charge < -0.3 is 10.2 Å². The highest BCUT2D eigenvalue weighted by Gasteiger charge is 2.17. The summed E-state index contributed by atoms with van der Waals surface area (Å²) in [6, 6.07) is 6.72. The maximum atomic E-state index is 11.6. The third-order valence-electron chi connectivity index (χ3n) is 2.59. The van der Waals surface area contributed by atoms with Gasteiger partial charge >= 0.3 is 0 Å². The zero-order chi connectivity index (χ0) is 14.4. The number of para-hydroxylation sites is 1. The van der Waals surface area contributed by atoms with Crippen molar-refractivity contribution < 1.29 is 14.6 Å². The Bertz CT molecular complexity index is 460. The van der Waals surface area contributed by atoms with Gasteiger partial charge in [-0.05, 0) is 19.9 Å². The number of nitro groups is 1. The predicted octanol–water partition coefficient (Wildman–Crippen LogP) is 0.134. The van der Waals surface area contributed by atoms with E-state index < -0.39 is 4.92 Å². The first-order valence-electron chi connectivity index (χ1n) is 6.23. The van der Waals surface area contributed by atoms with Gasteiger partial charge in [0.1, 0.15) is 6.54 Å². The van der Waals surface area contributed by atoms with Crippen molar-refractivity contribution in [1.82, 2.24) is 5.32 Å². The lowest BCUT2D eigenvalue weighted by atomic mass is 10.1. The second kappa shape index (κ2) is 6.84. The van der Waals surface area contributed by atoms with Crippen LogP contribution in [0.1, 0.15) is 19.4 Å². The van der Waals surface area contributed by atoms with E-state index in [2.05, 4.69) is 5.32 Å². The molecule has 0 bridgehead atoms. The van der Waals surface area contributed by atoms with Crippen molar-refractivity contribution in [3.8, 4) is 0 Å². The van der Waals surface area contributed by atoms with Crippen LogP contribution < -0.4 is 10.2 Å². The lowest BCUT2D eigenvalue weighted by molar-refractivity contribution is -0.885. The first kappa shape index (κ1) is 15.1. The van der Waals surface area contributed by atoms with Gasteiger partial charge in [-0.25, -0.2) is 0 Å². The van der Waals surface area contributed by atoms with Crippen molar-refractivity contribution in [3.63, 3.8) is 0 Å². The highest BCUT2D eigenvalue weighted by atomic mass is 16.6. The van der Waals surface area contributed by atoms with Crippen LogP contribution >= 0.6 is 0 Å². The lowest BCUT2D eigenvalue weighted by Crippen LogP contribution is -3.09. The van der Waals surface area contributed by atoms with Crippen molar-refractivity contribution in [2.24, 2.45) is 0 Å².